The van der Waals surface area contributed by atoms with Gasteiger partial charge in [0.2, 0.25) is 0 Å². The Hall–Kier alpha value is -0.260. The van der Waals surface area contributed by atoms with Crippen molar-refractivity contribution < 1.29 is 0 Å². The third-order valence-electron chi connectivity index (χ3n) is 4.69. The number of rotatable bonds is 12. The number of hydrogen-bond acceptors (Lipinski definition) is 0. The number of unbranched alkanes of at least 4 members (excludes halogenated alkanes) is 1. The summed E-state index contributed by atoms with van der Waals surface area (Å²) in [6, 6.07) is 0. The summed E-state index contributed by atoms with van der Waals surface area (Å²) in [5, 5.41) is 0. The maximum absolute atomic E-state index is 2.45. The lowest BCUT2D eigenvalue weighted by atomic mass is 9.79. The fourth-order valence-electron chi connectivity index (χ4n) is 2.99. The number of allylic oxidation sites excluding steroid dienone is 2. The van der Waals surface area contributed by atoms with Crippen LogP contribution in [0.2, 0.25) is 0 Å². The molecule has 0 aromatic heterocycles. The van der Waals surface area contributed by atoms with Crippen molar-refractivity contribution in [3.05, 3.63) is 12.2 Å². The summed E-state index contributed by atoms with van der Waals surface area (Å²) in [6.45, 7) is 11.8. The molecule has 0 fully saturated rings. The van der Waals surface area contributed by atoms with Crippen LogP contribution in [0, 0.1) is 17.8 Å². The van der Waals surface area contributed by atoms with Crippen molar-refractivity contribution in [2.24, 2.45) is 17.8 Å². The highest BCUT2D eigenvalue weighted by Crippen LogP contribution is 2.30. The zero-order valence-electron chi connectivity index (χ0n) is 14.3. The standard InChI is InChI=1S/C19H38/c1-6-10-11-12-13-15-18(9-4)16-19(14-7-2)17(5)8-3/h11-12,17-19H,6-10,13-16H2,1-5H3. The van der Waals surface area contributed by atoms with E-state index in [9.17, 15) is 0 Å². The minimum atomic E-state index is 0.907. The van der Waals surface area contributed by atoms with E-state index in [4.69, 9.17) is 0 Å². The van der Waals surface area contributed by atoms with E-state index in [1.807, 2.05) is 0 Å². The molecule has 0 rings (SSSR count). The Balaban J connectivity index is 4.11. The summed E-state index contributed by atoms with van der Waals surface area (Å²) in [4.78, 5) is 0. The molecule has 0 aliphatic heterocycles. The van der Waals surface area contributed by atoms with Crippen LogP contribution in [0.25, 0.3) is 0 Å². The molecule has 0 amide bonds. The lowest BCUT2D eigenvalue weighted by Gasteiger charge is -2.27. The van der Waals surface area contributed by atoms with Crippen molar-refractivity contribution in [1.82, 2.24) is 0 Å². The fourth-order valence-corrected chi connectivity index (χ4v) is 2.99. The third-order valence-corrected chi connectivity index (χ3v) is 4.69. The van der Waals surface area contributed by atoms with Gasteiger partial charge in [-0.15, -0.1) is 0 Å². The fraction of sp³-hybridized carbons (Fsp3) is 0.895. The predicted molar refractivity (Wildman–Crippen MR) is 89.5 cm³/mol. The largest absolute Gasteiger partial charge is 0.0885 e. The molecular weight excluding hydrogens is 228 g/mol. The Bertz CT molecular complexity index is 204. The minimum absolute atomic E-state index is 0.907. The van der Waals surface area contributed by atoms with E-state index in [1.165, 1.54) is 57.8 Å². The van der Waals surface area contributed by atoms with Crippen molar-refractivity contribution >= 4 is 0 Å². The smallest absolute Gasteiger partial charge is 0.0348 e. The molecule has 0 aromatic rings. The number of hydrogen-bond donors (Lipinski definition) is 0. The maximum Gasteiger partial charge on any atom is -0.0348 e. The predicted octanol–water partition coefficient (Wildman–Crippen LogP) is 7.00. The van der Waals surface area contributed by atoms with E-state index in [-0.39, 0.29) is 0 Å². The molecule has 3 unspecified atom stereocenters. The first-order valence-corrected chi connectivity index (χ1v) is 8.84. The molecule has 114 valence electrons. The van der Waals surface area contributed by atoms with Crippen LogP contribution in [0.3, 0.4) is 0 Å². The Morgan fingerprint density at radius 1 is 0.789 bits per heavy atom. The molecule has 0 bridgehead atoms. The summed E-state index contributed by atoms with van der Waals surface area (Å²) < 4.78 is 0. The zero-order valence-corrected chi connectivity index (χ0v) is 14.3. The van der Waals surface area contributed by atoms with Crippen molar-refractivity contribution in [1.29, 1.82) is 0 Å². The van der Waals surface area contributed by atoms with Crippen LogP contribution < -0.4 is 0 Å². The lowest BCUT2D eigenvalue weighted by molar-refractivity contribution is 0.248. The first kappa shape index (κ1) is 18.7. The van der Waals surface area contributed by atoms with Crippen LogP contribution in [0.15, 0.2) is 12.2 Å². The molecule has 0 heterocycles. The molecule has 0 heteroatoms. The van der Waals surface area contributed by atoms with Gasteiger partial charge in [0.15, 0.2) is 0 Å². The van der Waals surface area contributed by atoms with Crippen LogP contribution >= 0.6 is 0 Å². The first-order valence-electron chi connectivity index (χ1n) is 8.84. The molecular formula is C19H38. The SMILES string of the molecule is CCCC=CCCC(CC)CC(CCC)C(C)CC. The van der Waals surface area contributed by atoms with Gasteiger partial charge < -0.3 is 0 Å². The molecule has 0 aliphatic carbocycles. The quantitative estimate of drug-likeness (QED) is 0.333. The second-order valence-corrected chi connectivity index (χ2v) is 6.28. The summed E-state index contributed by atoms with van der Waals surface area (Å²) in [7, 11) is 0. The van der Waals surface area contributed by atoms with Crippen molar-refractivity contribution in [3.8, 4) is 0 Å². The second-order valence-electron chi connectivity index (χ2n) is 6.28. The Morgan fingerprint density at radius 2 is 1.47 bits per heavy atom. The van der Waals surface area contributed by atoms with Crippen LogP contribution in [0.1, 0.15) is 92.4 Å². The van der Waals surface area contributed by atoms with Gasteiger partial charge in [-0.2, -0.15) is 0 Å². The van der Waals surface area contributed by atoms with Crippen LogP contribution in [0.4, 0.5) is 0 Å². The van der Waals surface area contributed by atoms with Gasteiger partial charge >= 0.3 is 0 Å². The monoisotopic (exact) mass is 266 g/mol. The van der Waals surface area contributed by atoms with Crippen molar-refractivity contribution in [2.75, 3.05) is 0 Å². The Morgan fingerprint density at radius 3 is 2.00 bits per heavy atom. The van der Waals surface area contributed by atoms with Gasteiger partial charge in [0, 0.05) is 0 Å². The van der Waals surface area contributed by atoms with Crippen LogP contribution in [-0.4, -0.2) is 0 Å². The van der Waals surface area contributed by atoms with Gasteiger partial charge in [-0.05, 0) is 43.4 Å². The molecule has 0 saturated heterocycles. The first-order chi connectivity index (χ1) is 9.19. The van der Waals surface area contributed by atoms with Crippen LogP contribution in [-0.2, 0) is 0 Å². The second kappa shape index (κ2) is 12.8. The minimum Gasteiger partial charge on any atom is -0.0885 e. The summed E-state index contributed by atoms with van der Waals surface area (Å²) in [5.41, 5.74) is 0. The molecule has 0 nitrogen and oxygen atoms in total. The lowest BCUT2D eigenvalue weighted by Crippen LogP contribution is -2.15. The summed E-state index contributed by atoms with van der Waals surface area (Å²) >= 11 is 0. The van der Waals surface area contributed by atoms with Gasteiger partial charge in [0.1, 0.15) is 0 Å². The highest BCUT2D eigenvalue weighted by molar-refractivity contribution is 4.82. The average molecular weight is 267 g/mol. The average Bonchev–Trinajstić information content (AvgIpc) is 2.43. The van der Waals surface area contributed by atoms with Gasteiger partial charge in [-0.3, -0.25) is 0 Å². The molecule has 19 heavy (non-hydrogen) atoms. The van der Waals surface area contributed by atoms with Gasteiger partial charge in [0.05, 0.1) is 0 Å². The maximum atomic E-state index is 2.45. The topological polar surface area (TPSA) is 0 Å². The normalized spacial score (nSPS) is 16.7. The molecule has 0 saturated carbocycles. The molecule has 3 atom stereocenters. The summed E-state index contributed by atoms with van der Waals surface area (Å²) in [5.74, 6) is 2.81. The molecule has 0 radical (unpaired) electrons. The van der Waals surface area contributed by atoms with E-state index in [0.29, 0.717) is 0 Å². The van der Waals surface area contributed by atoms with Gasteiger partial charge in [0.25, 0.3) is 0 Å². The van der Waals surface area contributed by atoms with Crippen LogP contribution in [0.5, 0.6) is 0 Å². The molecule has 0 aromatic carbocycles. The molecule has 0 spiro atoms. The van der Waals surface area contributed by atoms with E-state index < -0.39 is 0 Å². The highest BCUT2D eigenvalue weighted by atomic mass is 14.2. The van der Waals surface area contributed by atoms with Gasteiger partial charge in [-0.1, -0.05) is 78.9 Å². The Labute approximate surface area is 123 Å². The van der Waals surface area contributed by atoms with Crippen molar-refractivity contribution in [3.63, 3.8) is 0 Å². The zero-order chi connectivity index (χ0) is 14.5. The Kier molecular flexibility index (Phi) is 12.6. The van der Waals surface area contributed by atoms with Gasteiger partial charge in [-0.25, -0.2) is 0 Å². The van der Waals surface area contributed by atoms with E-state index in [0.717, 1.165) is 17.8 Å². The molecule has 0 aliphatic rings. The van der Waals surface area contributed by atoms with Crippen molar-refractivity contribution in [2.45, 2.75) is 92.4 Å². The van der Waals surface area contributed by atoms with E-state index in [2.05, 4.69) is 46.8 Å². The molecule has 0 N–H and O–H groups in total. The highest BCUT2D eigenvalue weighted by Gasteiger charge is 2.19. The van der Waals surface area contributed by atoms with E-state index >= 15 is 0 Å². The summed E-state index contributed by atoms with van der Waals surface area (Å²) in [6.07, 6.45) is 16.9. The van der Waals surface area contributed by atoms with E-state index in [1.54, 1.807) is 0 Å². The third kappa shape index (κ3) is 9.30.